The molecule has 20 heavy (non-hydrogen) atoms. The number of nitrogens with one attached hydrogen (secondary N) is 1. The van der Waals surface area contributed by atoms with Crippen LogP contribution in [0.5, 0.6) is 5.75 Å². The van der Waals surface area contributed by atoms with Crippen LogP contribution >= 0.6 is 11.6 Å². The second-order valence-electron chi connectivity index (χ2n) is 4.11. The van der Waals surface area contributed by atoms with E-state index in [0.717, 1.165) is 0 Å². The molecule has 0 bridgehead atoms. The predicted octanol–water partition coefficient (Wildman–Crippen LogP) is 2.57. The molecule has 1 aromatic rings. The standard InChI is InChI=1S/C12H14ClF4NO2/c13-8-1-3-10(4-2-8)20-6-9(19)5-18-7-12(16,17)11(14)15/h1-4,9,11,18-19H,5-7H2. The molecule has 1 rings (SSSR count). The smallest absolute Gasteiger partial charge is 0.319 e. The number of aliphatic hydroxyl groups excluding tert-OH is 1. The van der Waals surface area contributed by atoms with E-state index >= 15 is 0 Å². The third-order valence-corrected chi connectivity index (χ3v) is 2.57. The second-order valence-corrected chi connectivity index (χ2v) is 4.55. The van der Waals surface area contributed by atoms with Crippen LogP contribution in [-0.2, 0) is 0 Å². The highest BCUT2D eigenvalue weighted by molar-refractivity contribution is 6.30. The van der Waals surface area contributed by atoms with E-state index in [1.807, 2.05) is 0 Å². The van der Waals surface area contributed by atoms with Gasteiger partial charge in [-0.25, -0.2) is 8.78 Å². The highest BCUT2D eigenvalue weighted by Crippen LogP contribution is 2.21. The quantitative estimate of drug-likeness (QED) is 0.725. The van der Waals surface area contributed by atoms with E-state index in [1.165, 1.54) is 0 Å². The lowest BCUT2D eigenvalue weighted by Gasteiger charge is -2.18. The van der Waals surface area contributed by atoms with Crippen molar-refractivity contribution in [3.63, 3.8) is 0 Å². The van der Waals surface area contributed by atoms with Crippen LogP contribution in [-0.4, -0.2) is 43.3 Å². The first-order valence-electron chi connectivity index (χ1n) is 5.74. The van der Waals surface area contributed by atoms with Gasteiger partial charge < -0.3 is 15.2 Å². The summed E-state index contributed by atoms with van der Waals surface area (Å²) in [7, 11) is 0. The molecule has 0 saturated carbocycles. The SMILES string of the molecule is OC(CNCC(F)(F)C(F)F)COc1ccc(Cl)cc1. The Morgan fingerprint density at radius 1 is 1.25 bits per heavy atom. The predicted molar refractivity (Wildman–Crippen MR) is 66.8 cm³/mol. The first kappa shape index (κ1) is 17.0. The lowest BCUT2D eigenvalue weighted by Crippen LogP contribution is -2.42. The number of rotatable bonds is 8. The van der Waals surface area contributed by atoms with Gasteiger partial charge in [0.2, 0.25) is 0 Å². The van der Waals surface area contributed by atoms with Crippen LogP contribution in [0.4, 0.5) is 17.6 Å². The van der Waals surface area contributed by atoms with Crippen molar-refractivity contribution >= 4 is 11.6 Å². The van der Waals surface area contributed by atoms with Crippen LogP contribution < -0.4 is 10.1 Å². The van der Waals surface area contributed by atoms with Crippen LogP contribution in [0.1, 0.15) is 0 Å². The average Bonchev–Trinajstić information content (AvgIpc) is 2.37. The summed E-state index contributed by atoms with van der Waals surface area (Å²) in [6, 6.07) is 6.33. The highest BCUT2D eigenvalue weighted by Gasteiger charge is 2.40. The van der Waals surface area contributed by atoms with Gasteiger partial charge >= 0.3 is 12.3 Å². The fourth-order valence-electron chi connectivity index (χ4n) is 1.26. The molecule has 0 amide bonds. The third kappa shape index (κ3) is 5.94. The van der Waals surface area contributed by atoms with Crippen molar-refractivity contribution in [2.24, 2.45) is 0 Å². The number of ether oxygens (including phenoxy) is 1. The van der Waals surface area contributed by atoms with Crippen molar-refractivity contribution < 1.29 is 27.4 Å². The summed E-state index contributed by atoms with van der Waals surface area (Å²) >= 11 is 5.66. The Morgan fingerprint density at radius 3 is 2.40 bits per heavy atom. The number of alkyl halides is 4. The molecule has 0 aliphatic heterocycles. The van der Waals surface area contributed by atoms with E-state index in [9.17, 15) is 22.7 Å². The number of benzene rings is 1. The molecule has 0 aromatic heterocycles. The third-order valence-electron chi connectivity index (χ3n) is 2.32. The lowest BCUT2D eigenvalue weighted by molar-refractivity contribution is -0.125. The molecule has 8 heteroatoms. The van der Waals surface area contributed by atoms with Gasteiger partial charge in [0.05, 0.1) is 6.54 Å². The van der Waals surface area contributed by atoms with Gasteiger partial charge in [0.25, 0.3) is 0 Å². The minimum Gasteiger partial charge on any atom is -0.491 e. The first-order chi connectivity index (χ1) is 9.31. The summed E-state index contributed by atoms with van der Waals surface area (Å²) in [6.07, 6.45) is -4.84. The molecule has 1 atom stereocenters. The summed E-state index contributed by atoms with van der Waals surface area (Å²) < 4.78 is 54.0. The van der Waals surface area contributed by atoms with Gasteiger partial charge in [-0.05, 0) is 24.3 Å². The molecule has 1 unspecified atom stereocenters. The normalized spacial score (nSPS) is 13.6. The number of halogens is 5. The Morgan fingerprint density at radius 2 is 1.85 bits per heavy atom. The number of aliphatic hydroxyl groups is 1. The van der Waals surface area contributed by atoms with E-state index in [1.54, 1.807) is 24.3 Å². The molecular weight excluding hydrogens is 302 g/mol. The molecule has 3 nitrogen and oxygen atoms in total. The molecule has 114 valence electrons. The zero-order valence-electron chi connectivity index (χ0n) is 10.3. The molecule has 0 fully saturated rings. The Hall–Kier alpha value is -1.05. The highest BCUT2D eigenvalue weighted by atomic mass is 35.5. The maximum Gasteiger partial charge on any atom is 0.319 e. The van der Waals surface area contributed by atoms with Gasteiger partial charge in [0.1, 0.15) is 18.5 Å². The van der Waals surface area contributed by atoms with Crippen LogP contribution in [0.15, 0.2) is 24.3 Å². The Bertz CT molecular complexity index is 403. The minimum atomic E-state index is -4.11. The van der Waals surface area contributed by atoms with E-state index in [2.05, 4.69) is 5.32 Å². The zero-order valence-corrected chi connectivity index (χ0v) is 11.1. The van der Waals surface area contributed by atoms with E-state index < -0.39 is 25.0 Å². The molecule has 0 aliphatic rings. The molecule has 0 radical (unpaired) electrons. The molecule has 0 aliphatic carbocycles. The topological polar surface area (TPSA) is 41.5 Å². The Balaban J connectivity index is 2.24. The van der Waals surface area contributed by atoms with Gasteiger partial charge in [0.15, 0.2) is 0 Å². The van der Waals surface area contributed by atoms with E-state index in [-0.39, 0.29) is 13.2 Å². The Kier molecular flexibility index (Phi) is 6.51. The van der Waals surface area contributed by atoms with Crippen molar-refractivity contribution in [2.75, 3.05) is 19.7 Å². The Labute approximate surface area is 118 Å². The van der Waals surface area contributed by atoms with Crippen molar-refractivity contribution in [1.82, 2.24) is 5.32 Å². The maximum absolute atomic E-state index is 12.5. The summed E-state index contributed by atoms with van der Waals surface area (Å²) in [5.41, 5.74) is 0. The molecule has 0 spiro atoms. The minimum absolute atomic E-state index is 0.158. The van der Waals surface area contributed by atoms with Crippen LogP contribution in [0.2, 0.25) is 5.02 Å². The zero-order chi connectivity index (χ0) is 15.2. The average molecular weight is 316 g/mol. The van der Waals surface area contributed by atoms with Crippen LogP contribution in [0.3, 0.4) is 0 Å². The number of hydrogen-bond acceptors (Lipinski definition) is 3. The van der Waals surface area contributed by atoms with Gasteiger partial charge in [-0.15, -0.1) is 0 Å². The number of hydrogen-bond donors (Lipinski definition) is 2. The van der Waals surface area contributed by atoms with Gasteiger partial charge in [-0.2, -0.15) is 8.78 Å². The molecule has 0 saturated heterocycles. The monoisotopic (exact) mass is 315 g/mol. The summed E-state index contributed by atoms with van der Waals surface area (Å²) in [6.45, 7) is -1.65. The molecular formula is C12H14ClF4NO2. The van der Waals surface area contributed by atoms with Crippen LogP contribution in [0, 0.1) is 0 Å². The second kappa shape index (κ2) is 7.66. The lowest BCUT2D eigenvalue weighted by atomic mass is 10.3. The van der Waals surface area contributed by atoms with E-state index in [4.69, 9.17) is 16.3 Å². The first-order valence-corrected chi connectivity index (χ1v) is 6.12. The fourth-order valence-corrected chi connectivity index (χ4v) is 1.39. The fraction of sp³-hybridized carbons (Fsp3) is 0.500. The van der Waals surface area contributed by atoms with E-state index in [0.29, 0.717) is 10.8 Å². The van der Waals surface area contributed by atoms with Gasteiger partial charge in [0, 0.05) is 11.6 Å². The maximum atomic E-state index is 12.5. The molecule has 2 N–H and O–H groups in total. The van der Waals surface area contributed by atoms with Crippen molar-refractivity contribution in [3.8, 4) is 5.75 Å². The largest absolute Gasteiger partial charge is 0.491 e. The summed E-state index contributed by atoms with van der Waals surface area (Å²) in [4.78, 5) is 0. The van der Waals surface area contributed by atoms with Gasteiger partial charge in [-0.3, -0.25) is 0 Å². The summed E-state index contributed by atoms with van der Waals surface area (Å²) in [5, 5.41) is 12.0. The van der Waals surface area contributed by atoms with Crippen molar-refractivity contribution in [1.29, 1.82) is 0 Å². The van der Waals surface area contributed by atoms with Crippen LogP contribution in [0.25, 0.3) is 0 Å². The molecule has 0 heterocycles. The summed E-state index contributed by atoms with van der Waals surface area (Å²) in [5.74, 6) is -3.66. The van der Waals surface area contributed by atoms with Gasteiger partial charge in [-0.1, -0.05) is 11.6 Å². The van der Waals surface area contributed by atoms with Crippen molar-refractivity contribution in [3.05, 3.63) is 29.3 Å². The molecule has 1 aromatic carbocycles. The van der Waals surface area contributed by atoms with Crippen molar-refractivity contribution in [2.45, 2.75) is 18.5 Å².